The van der Waals surface area contributed by atoms with E-state index in [0.29, 0.717) is 6.54 Å². The molecule has 0 unspecified atom stereocenters. The Bertz CT molecular complexity index is 1020. The second kappa shape index (κ2) is 6.22. The van der Waals surface area contributed by atoms with Gasteiger partial charge in [0.05, 0.1) is 17.6 Å². The van der Waals surface area contributed by atoms with Crippen molar-refractivity contribution in [3.63, 3.8) is 0 Å². The Labute approximate surface area is 150 Å². The minimum atomic E-state index is 0.667. The number of nitrogens with one attached hydrogen (secondary N) is 1. The van der Waals surface area contributed by atoms with Gasteiger partial charge in [-0.15, -0.1) is 0 Å². The molecule has 0 saturated heterocycles. The lowest BCUT2D eigenvalue weighted by molar-refractivity contribution is 0.876. The molecule has 3 aromatic heterocycles. The lowest BCUT2D eigenvalue weighted by atomic mass is 10.2. The lowest BCUT2D eigenvalue weighted by Gasteiger charge is -2.20. The van der Waals surface area contributed by atoms with Gasteiger partial charge in [0.15, 0.2) is 5.65 Å². The molecule has 0 radical (unpaired) electrons. The van der Waals surface area contributed by atoms with E-state index in [-0.39, 0.29) is 0 Å². The van der Waals surface area contributed by atoms with Crippen LogP contribution < -0.4 is 4.90 Å². The van der Waals surface area contributed by atoms with Gasteiger partial charge >= 0.3 is 0 Å². The smallest absolute Gasteiger partial charge is 0.158 e. The molecule has 6 nitrogen and oxygen atoms in total. The van der Waals surface area contributed by atoms with Crippen molar-refractivity contribution in [3.8, 4) is 11.3 Å². The van der Waals surface area contributed by atoms with Gasteiger partial charge in [-0.25, -0.2) is 9.50 Å². The maximum absolute atomic E-state index is 6.29. The summed E-state index contributed by atoms with van der Waals surface area (Å²) in [5, 5.41) is 12.2. The molecule has 0 fully saturated rings. The Balaban J connectivity index is 1.78. The molecular formula is C18H17ClN6. The van der Waals surface area contributed by atoms with Gasteiger partial charge in [0.25, 0.3) is 0 Å². The van der Waals surface area contributed by atoms with Crippen LogP contribution in [0.25, 0.3) is 16.9 Å². The number of aromatic amines is 1. The van der Waals surface area contributed by atoms with E-state index in [1.54, 1.807) is 6.20 Å². The van der Waals surface area contributed by atoms with Crippen molar-refractivity contribution in [2.45, 2.75) is 13.5 Å². The molecule has 0 aliphatic heterocycles. The second-order valence-corrected chi connectivity index (χ2v) is 6.40. The lowest BCUT2D eigenvalue weighted by Crippen LogP contribution is -2.18. The molecule has 3 heterocycles. The van der Waals surface area contributed by atoms with Crippen LogP contribution in [0.5, 0.6) is 0 Å². The monoisotopic (exact) mass is 352 g/mol. The van der Waals surface area contributed by atoms with E-state index < -0.39 is 0 Å². The largest absolute Gasteiger partial charge is 0.355 e. The number of H-pyrrole nitrogens is 1. The molecule has 7 heteroatoms. The number of nitrogens with zero attached hydrogens (tertiary/aromatic N) is 5. The minimum Gasteiger partial charge on any atom is -0.355 e. The highest BCUT2D eigenvalue weighted by Crippen LogP contribution is 2.26. The van der Waals surface area contributed by atoms with Gasteiger partial charge in [0.2, 0.25) is 0 Å². The summed E-state index contributed by atoms with van der Waals surface area (Å²) < 4.78 is 1.84. The Morgan fingerprint density at radius 3 is 2.84 bits per heavy atom. The van der Waals surface area contributed by atoms with E-state index in [2.05, 4.69) is 20.2 Å². The predicted molar refractivity (Wildman–Crippen MR) is 98.9 cm³/mol. The van der Waals surface area contributed by atoms with E-state index in [1.807, 2.05) is 61.1 Å². The van der Waals surface area contributed by atoms with Crippen LogP contribution >= 0.6 is 11.6 Å². The van der Waals surface area contributed by atoms with Crippen LogP contribution in [0.2, 0.25) is 5.02 Å². The summed E-state index contributed by atoms with van der Waals surface area (Å²) in [5.74, 6) is 0.850. The third-order valence-corrected chi connectivity index (χ3v) is 4.45. The average molecular weight is 353 g/mol. The summed E-state index contributed by atoms with van der Waals surface area (Å²) in [6.07, 6.45) is 3.63. The maximum Gasteiger partial charge on any atom is 0.158 e. The van der Waals surface area contributed by atoms with Crippen molar-refractivity contribution >= 4 is 23.1 Å². The highest BCUT2D eigenvalue weighted by atomic mass is 35.5. The molecule has 0 spiro atoms. The SMILES string of the molecule is Cc1cc2nc(N(C)Cc3ccccc3Cl)cc(-c3cn[nH]c3)n2n1. The zero-order valence-corrected chi connectivity index (χ0v) is 14.7. The van der Waals surface area contributed by atoms with E-state index in [0.717, 1.165) is 39.0 Å². The Morgan fingerprint density at radius 1 is 1.24 bits per heavy atom. The van der Waals surface area contributed by atoms with Gasteiger partial charge < -0.3 is 4.90 Å². The Morgan fingerprint density at radius 2 is 2.08 bits per heavy atom. The van der Waals surface area contributed by atoms with Crippen molar-refractivity contribution < 1.29 is 0 Å². The summed E-state index contributed by atoms with van der Waals surface area (Å²) in [6.45, 7) is 2.63. The highest BCUT2D eigenvalue weighted by molar-refractivity contribution is 6.31. The first-order valence-corrected chi connectivity index (χ1v) is 8.31. The van der Waals surface area contributed by atoms with Crippen LogP contribution in [0.3, 0.4) is 0 Å². The van der Waals surface area contributed by atoms with E-state index in [1.165, 1.54) is 0 Å². The number of aryl methyl sites for hydroxylation is 1. The van der Waals surface area contributed by atoms with Gasteiger partial charge in [0.1, 0.15) is 5.82 Å². The fourth-order valence-electron chi connectivity index (χ4n) is 2.83. The molecule has 4 aromatic rings. The normalized spacial score (nSPS) is 11.2. The quantitative estimate of drug-likeness (QED) is 0.608. The number of benzene rings is 1. The van der Waals surface area contributed by atoms with Crippen LogP contribution in [-0.2, 0) is 6.54 Å². The summed E-state index contributed by atoms with van der Waals surface area (Å²) >= 11 is 6.29. The summed E-state index contributed by atoms with van der Waals surface area (Å²) in [7, 11) is 2.00. The first-order valence-electron chi connectivity index (χ1n) is 7.93. The molecule has 25 heavy (non-hydrogen) atoms. The van der Waals surface area contributed by atoms with Crippen LogP contribution in [-0.4, -0.2) is 31.8 Å². The maximum atomic E-state index is 6.29. The molecule has 0 aliphatic carbocycles. The second-order valence-electron chi connectivity index (χ2n) is 5.99. The van der Waals surface area contributed by atoms with Gasteiger partial charge in [-0.1, -0.05) is 29.8 Å². The van der Waals surface area contributed by atoms with Crippen molar-refractivity contribution in [3.05, 3.63) is 65.1 Å². The fourth-order valence-corrected chi connectivity index (χ4v) is 3.03. The fraction of sp³-hybridized carbons (Fsp3) is 0.167. The van der Waals surface area contributed by atoms with Gasteiger partial charge in [-0.3, -0.25) is 5.10 Å². The highest BCUT2D eigenvalue weighted by Gasteiger charge is 2.14. The van der Waals surface area contributed by atoms with Crippen molar-refractivity contribution in [1.82, 2.24) is 24.8 Å². The molecule has 4 rings (SSSR count). The molecule has 0 bridgehead atoms. The van der Waals surface area contributed by atoms with Crippen molar-refractivity contribution in [1.29, 1.82) is 0 Å². The molecular weight excluding hydrogens is 336 g/mol. The minimum absolute atomic E-state index is 0.667. The van der Waals surface area contributed by atoms with Gasteiger partial charge in [-0.2, -0.15) is 10.2 Å². The van der Waals surface area contributed by atoms with E-state index >= 15 is 0 Å². The van der Waals surface area contributed by atoms with Crippen molar-refractivity contribution in [2.24, 2.45) is 0 Å². The van der Waals surface area contributed by atoms with Crippen LogP contribution in [0.1, 0.15) is 11.3 Å². The molecule has 1 N–H and O–H groups in total. The third kappa shape index (κ3) is 2.96. The predicted octanol–water partition coefficient (Wildman–Crippen LogP) is 3.72. The van der Waals surface area contributed by atoms with Crippen LogP contribution in [0.15, 0.2) is 48.8 Å². The molecule has 0 aliphatic rings. The van der Waals surface area contributed by atoms with Crippen LogP contribution in [0.4, 0.5) is 5.82 Å². The summed E-state index contributed by atoms with van der Waals surface area (Å²) in [5.41, 5.74) is 4.68. The molecule has 0 atom stereocenters. The summed E-state index contributed by atoms with van der Waals surface area (Å²) in [6, 6.07) is 11.8. The average Bonchev–Trinajstić information content (AvgIpc) is 3.24. The van der Waals surface area contributed by atoms with Gasteiger partial charge in [-0.05, 0) is 18.6 Å². The molecule has 0 saturated carbocycles. The van der Waals surface area contributed by atoms with Gasteiger partial charge in [0, 0.05) is 42.5 Å². The number of rotatable bonds is 4. The van der Waals surface area contributed by atoms with E-state index in [9.17, 15) is 0 Å². The topological polar surface area (TPSA) is 62.1 Å². The number of hydrogen-bond donors (Lipinski definition) is 1. The third-order valence-electron chi connectivity index (χ3n) is 4.09. The number of hydrogen-bond acceptors (Lipinski definition) is 4. The van der Waals surface area contributed by atoms with E-state index in [4.69, 9.17) is 16.6 Å². The zero-order chi connectivity index (χ0) is 17.4. The zero-order valence-electron chi connectivity index (χ0n) is 13.9. The number of halogens is 1. The molecule has 126 valence electrons. The Hall–Kier alpha value is -2.86. The number of anilines is 1. The number of aromatic nitrogens is 5. The molecule has 0 amide bonds. The first kappa shape index (κ1) is 15.7. The first-order chi connectivity index (χ1) is 12.1. The standard InChI is InChI=1S/C18H17ClN6/c1-12-7-18-22-17(24(2)11-13-5-3-4-6-15(13)19)8-16(25(18)23-12)14-9-20-21-10-14/h3-10H,11H2,1-2H3,(H,20,21). The number of fused-ring (bicyclic) bond motifs is 1. The summed E-state index contributed by atoms with van der Waals surface area (Å²) in [4.78, 5) is 6.82. The van der Waals surface area contributed by atoms with Crippen molar-refractivity contribution in [2.75, 3.05) is 11.9 Å². The Kier molecular flexibility index (Phi) is 3.89. The van der Waals surface area contributed by atoms with Crippen LogP contribution in [0, 0.1) is 6.92 Å². The molecule has 1 aromatic carbocycles.